The predicted molar refractivity (Wildman–Crippen MR) is 62.8 cm³/mol. The van der Waals surface area contributed by atoms with E-state index < -0.39 is 10.0 Å². The van der Waals surface area contributed by atoms with Crippen LogP contribution in [0.5, 0.6) is 0 Å². The number of hydrogen-bond acceptors (Lipinski definition) is 5. The van der Waals surface area contributed by atoms with E-state index in [1.807, 2.05) is 12.3 Å². The molecular formula is C8H15N3O2S2. The van der Waals surface area contributed by atoms with Crippen molar-refractivity contribution in [3.05, 3.63) is 11.1 Å². The van der Waals surface area contributed by atoms with Crippen molar-refractivity contribution < 1.29 is 8.42 Å². The number of sulfonamides is 1. The van der Waals surface area contributed by atoms with Gasteiger partial charge in [-0.2, -0.15) is 0 Å². The molecule has 0 aromatic carbocycles. The topological polar surface area (TPSA) is 62.3 Å². The Kier molecular flexibility index (Phi) is 4.06. The number of rotatable bonds is 5. The molecule has 0 unspecified atom stereocenters. The third-order valence-corrected chi connectivity index (χ3v) is 4.56. The number of nitrogens with one attached hydrogen (secondary N) is 1. The first kappa shape index (κ1) is 12.4. The van der Waals surface area contributed by atoms with E-state index in [1.54, 1.807) is 0 Å². The van der Waals surface area contributed by atoms with Gasteiger partial charge in [-0.25, -0.2) is 17.7 Å². The minimum Gasteiger partial charge on any atom is -0.360 e. The standard InChI is InChI=1S/C8H15N3O2S2/c1-7-6-14-8(10-7)9-4-5-15(12,13)11(2)3/h6H,4-5H2,1-3H3,(H,9,10). The molecule has 0 saturated heterocycles. The summed E-state index contributed by atoms with van der Waals surface area (Å²) in [5, 5.41) is 5.66. The van der Waals surface area contributed by atoms with Crippen molar-refractivity contribution >= 4 is 26.5 Å². The zero-order valence-corrected chi connectivity index (χ0v) is 10.7. The molecule has 0 spiro atoms. The van der Waals surface area contributed by atoms with Crippen LogP contribution in [0.25, 0.3) is 0 Å². The van der Waals surface area contributed by atoms with Gasteiger partial charge in [0, 0.05) is 26.0 Å². The van der Waals surface area contributed by atoms with E-state index in [1.165, 1.54) is 29.7 Å². The van der Waals surface area contributed by atoms with E-state index >= 15 is 0 Å². The average Bonchev–Trinajstić information content (AvgIpc) is 2.51. The summed E-state index contributed by atoms with van der Waals surface area (Å²) in [7, 11) is -0.0526. The summed E-state index contributed by atoms with van der Waals surface area (Å²) < 4.78 is 24.0. The third-order valence-electron chi connectivity index (χ3n) is 1.81. The molecule has 1 aromatic rings. The van der Waals surface area contributed by atoms with Crippen molar-refractivity contribution in [1.29, 1.82) is 0 Å². The van der Waals surface area contributed by atoms with E-state index in [9.17, 15) is 8.42 Å². The Balaban J connectivity index is 2.40. The second kappa shape index (κ2) is 4.91. The largest absolute Gasteiger partial charge is 0.360 e. The quantitative estimate of drug-likeness (QED) is 0.836. The Morgan fingerprint density at radius 1 is 1.53 bits per heavy atom. The molecule has 0 fully saturated rings. The fourth-order valence-electron chi connectivity index (χ4n) is 0.905. The molecule has 0 amide bonds. The van der Waals surface area contributed by atoms with Crippen LogP contribution in [0, 0.1) is 6.92 Å². The Bertz CT molecular complexity index is 411. The molecule has 1 N–H and O–H groups in total. The Hall–Kier alpha value is -0.660. The van der Waals surface area contributed by atoms with Crippen molar-refractivity contribution in [2.24, 2.45) is 0 Å². The maximum atomic E-state index is 11.4. The zero-order valence-electron chi connectivity index (χ0n) is 9.02. The van der Waals surface area contributed by atoms with Gasteiger partial charge in [0.2, 0.25) is 10.0 Å². The molecule has 0 aliphatic heterocycles. The summed E-state index contributed by atoms with van der Waals surface area (Å²) in [4.78, 5) is 4.17. The van der Waals surface area contributed by atoms with E-state index in [0.717, 1.165) is 10.8 Å². The van der Waals surface area contributed by atoms with Gasteiger partial charge in [-0.1, -0.05) is 0 Å². The first-order chi connectivity index (χ1) is 6.92. The summed E-state index contributed by atoms with van der Waals surface area (Å²) in [6.07, 6.45) is 0. The van der Waals surface area contributed by atoms with Crippen LogP contribution >= 0.6 is 11.3 Å². The Morgan fingerprint density at radius 3 is 2.67 bits per heavy atom. The van der Waals surface area contributed by atoms with Crippen molar-refractivity contribution in [3.63, 3.8) is 0 Å². The van der Waals surface area contributed by atoms with Gasteiger partial charge in [-0.3, -0.25) is 0 Å². The van der Waals surface area contributed by atoms with Crippen molar-refractivity contribution in [1.82, 2.24) is 9.29 Å². The number of hydrogen-bond donors (Lipinski definition) is 1. The third kappa shape index (κ3) is 3.77. The van der Waals surface area contributed by atoms with Crippen LogP contribution in [-0.4, -0.2) is 44.1 Å². The van der Waals surface area contributed by atoms with Gasteiger partial charge < -0.3 is 5.32 Å². The summed E-state index contributed by atoms with van der Waals surface area (Å²) in [5.74, 6) is 0.0820. The van der Waals surface area contributed by atoms with Crippen molar-refractivity contribution in [2.75, 3.05) is 31.7 Å². The molecule has 0 aliphatic carbocycles. The summed E-state index contributed by atoms with van der Waals surface area (Å²) in [6.45, 7) is 2.28. The maximum Gasteiger partial charge on any atom is 0.215 e. The predicted octanol–water partition coefficient (Wildman–Crippen LogP) is 0.755. The maximum absolute atomic E-state index is 11.4. The molecule has 0 radical (unpaired) electrons. The molecule has 1 heterocycles. The van der Waals surface area contributed by atoms with Gasteiger partial charge in [0.1, 0.15) is 0 Å². The average molecular weight is 249 g/mol. The van der Waals surface area contributed by atoms with Gasteiger partial charge in [0.05, 0.1) is 11.4 Å². The molecule has 0 saturated carbocycles. The lowest BCUT2D eigenvalue weighted by Crippen LogP contribution is -2.28. The molecular weight excluding hydrogens is 234 g/mol. The fourth-order valence-corrected chi connectivity index (χ4v) is 2.35. The number of thiazole rings is 1. The van der Waals surface area contributed by atoms with Gasteiger partial charge >= 0.3 is 0 Å². The highest BCUT2D eigenvalue weighted by atomic mass is 32.2. The highest BCUT2D eigenvalue weighted by molar-refractivity contribution is 7.89. The van der Waals surface area contributed by atoms with E-state index in [2.05, 4.69) is 10.3 Å². The SMILES string of the molecule is Cc1csc(NCCS(=O)(=O)N(C)C)n1. The van der Waals surface area contributed by atoms with Crippen LogP contribution < -0.4 is 5.32 Å². The first-order valence-corrected chi connectivity index (χ1v) is 6.97. The number of anilines is 1. The lowest BCUT2D eigenvalue weighted by atomic mass is 10.6. The van der Waals surface area contributed by atoms with Crippen LogP contribution in [0.15, 0.2) is 5.38 Å². The van der Waals surface area contributed by atoms with Gasteiger partial charge in [0.15, 0.2) is 5.13 Å². The Morgan fingerprint density at radius 2 is 2.20 bits per heavy atom. The van der Waals surface area contributed by atoms with E-state index in [4.69, 9.17) is 0 Å². The van der Waals surface area contributed by atoms with Crippen molar-refractivity contribution in [3.8, 4) is 0 Å². The second-order valence-electron chi connectivity index (χ2n) is 3.32. The van der Waals surface area contributed by atoms with Gasteiger partial charge in [-0.15, -0.1) is 11.3 Å². The molecule has 0 atom stereocenters. The first-order valence-electron chi connectivity index (χ1n) is 4.48. The monoisotopic (exact) mass is 249 g/mol. The number of aryl methyl sites for hydroxylation is 1. The number of aromatic nitrogens is 1. The normalized spacial score (nSPS) is 12.0. The minimum atomic E-state index is -3.11. The minimum absolute atomic E-state index is 0.0820. The molecule has 1 aromatic heterocycles. The molecule has 0 bridgehead atoms. The highest BCUT2D eigenvalue weighted by Crippen LogP contribution is 2.13. The van der Waals surface area contributed by atoms with Crippen LogP contribution in [0.4, 0.5) is 5.13 Å². The molecule has 15 heavy (non-hydrogen) atoms. The smallest absolute Gasteiger partial charge is 0.215 e. The summed E-state index contributed by atoms with van der Waals surface area (Å²) in [5.41, 5.74) is 0.943. The zero-order chi connectivity index (χ0) is 11.5. The molecule has 86 valence electrons. The lowest BCUT2D eigenvalue weighted by molar-refractivity contribution is 0.521. The molecule has 1 rings (SSSR count). The number of nitrogens with zero attached hydrogens (tertiary/aromatic N) is 2. The Labute approximate surface area is 94.2 Å². The van der Waals surface area contributed by atoms with E-state index in [0.29, 0.717) is 6.54 Å². The molecule has 5 nitrogen and oxygen atoms in total. The van der Waals surface area contributed by atoms with Crippen molar-refractivity contribution in [2.45, 2.75) is 6.92 Å². The van der Waals surface area contributed by atoms with Gasteiger partial charge in [-0.05, 0) is 6.92 Å². The lowest BCUT2D eigenvalue weighted by Gasteiger charge is -2.10. The van der Waals surface area contributed by atoms with Crippen LogP contribution in [0.2, 0.25) is 0 Å². The van der Waals surface area contributed by atoms with Crippen LogP contribution in [0.1, 0.15) is 5.69 Å². The molecule has 7 heteroatoms. The molecule has 0 aliphatic rings. The summed E-state index contributed by atoms with van der Waals surface area (Å²) in [6, 6.07) is 0. The van der Waals surface area contributed by atoms with Gasteiger partial charge in [0.25, 0.3) is 0 Å². The van der Waals surface area contributed by atoms with Crippen LogP contribution in [-0.2, 0) is 10.0 Å². The fraction of sp³-hybridized carbons (Fsp3) is 0.625. The van der Waals surface area contributed by atoms with Crippen LogP contribution in [0.3, 0.4) is 0 Å². The van der Waals surface area contributed by atoms with E-state index in [-0.39, 0.29) is 5.75 Å². The second-order valence-corrected chi connectivity index (χ2v) is 6.48. The summed E-state index contributed by atoms with van der Waals surface area (Å²) >= 11 is 1.48. The highest BCUT2D eigenvalue weighted by Gasteiger charge is 2.12.